The van der Waals surface area contributed by atoms with Gasteiger partial charge in [-0.25, -0.2) is 4.98 Å². The summed E-state index contributed by atoms with van der Waals surface area (Å²) in [5.74, 6) is 0.303. The van der Waals surface area contributed by atoms with E-state index < -0.39 is 6.04 Å². The Hall–Kier alpha value is -3.09. The van der Waals surface area contributed by atoms with Crippen LogP contribution in [0, 0.1) is 13.8 Å². The number of ether oxygens (including phenoxy) is 1. The zero-order valence-electron chi connectivity index (χ0n) is 14.4. The highest BCUT2D eigenvalue weighted by molar-refractivity contribution is 6.06. The van der Waals surface area contributed by atoms with Crippen LogP contribution < -0.4 is 20.7 Å². The Morgan fingerprint density at radius 3 is 2.84 bits per heavy atom. The molecule has 1 aliphatic rings. The number of pyridine rings is 1. The van der Waals surface area contributed by atoms with Crippen LogP contribution in [0.15, 0.2) is 30.3 Å². The minimum Gasteiger partial charge on any atom is -0.480 e. The van der Waals surface area contributed by atoms with Gasteiger partial charge in [0, 0.05) is 5.69 Å². The molecule has 0 radical (unpaired) electrons. The van der Waals surface area contributed by atoms with Crippen molar-refractivity contribution >= 4 is 29.1 Å². The number of hydrogen-bond donors (Lipinski definition) is 2. The lowest BCUT2D eigenvalue weighted by molar-refractivity contribution is -0.125. The van der Waals surface area contributed by atoms with Gasteiger partial charge in [-0.05, 0) is 50.1 Å². The molecule has 1 aromatic heterocycles. The summed E-state index contributed by atoms with van der Waals surface area (Å²) in [6, 6.07) is 8.28. The quantitative estimate of drug-likeness (QED) is 0.891. The highest BCUT2D eigenvalue weighted by Crippen LogP contribution is 2.32. The van der Waals surface area contributed by atoms with Gasteiger partial charge in [0.1, 0.15) is 11.9 Å². The molecule has 1 aliphatic heterocycles. The lowest BCUT2D eigenvalue weighted by atomic mass is 10.1. The molecule has 1 aromatic carbocycles. The van der Waals surface area contributed by atoms with Crippen molar-refractivity contribution < 1.29 is 14.3 Å². The fourth-order valence-electron chi connectivity index (χ4n) is 2.69. The van der Waals surface area contributed by atoms with E-state index >= 15 is 0 Å². The molecule has 3 rings (SSSR count). The van der Waals surface area contributed by atoms with E-state index in [0.717, 1.165) is 16.8 Å². The van der Waals surface area contributed by atoms with Gasteiger partial charge in [-0.2, -0.15) is 0 Å². The number of nitrogens with zero attached hydrogens (tertiary/aromatic N) is 2. The topological polar surface area (TPSA) is 97.5 Å². The number of nitrogens with one attached hydrogen (secondary N) is 1. The number of amides is 2. The smallest absolute Gasteiger partial charge is 0.266 e. The van der Waals surface area contributed by atoms with Crippen molar-refractivity contribution in [3.8, 4) is 5.75 Å². The van der Waals surface area contributed by atoms with Crippen molar-refractivity contribution in [2.24, 2.45) is 0 Å². The third-order valence-corrected chi connectivity index (χ3v) is 4.13. The molecule has 7 nitrogen and oxygen atoms in total. The third kappa shape index (κ3) is 3.26. The summed E-state index contributed by atoms with van der Waals surface area (Å²) in [6.07, 6.45) is 0. The van der Waals surface area contributed by atoms with E-state index in [0.29, 0.717) is 5.75 Å². The molecule has 1 unspecified atom stereocenters. The van der Waals surface area contributed by atoms with Crippen LogP contribution in [0.5, 0.6) is 5.75 Å². The van der Waals surface area contributed by atoms with Crippen molar-refractivity contribution in [1.82, 2.24) is 4.98 Å². The fraction of sp³-hybridized carbons (Fsp3) is 0.278. The molecule has 0 spiro atoms. The molecule has 0 aliphatic carbocycles. The summed E-state index contributed by atoms with van der Waals surface area (Å²) >= 11 is 0. The minimum absolute atomic E-state index is 0.139. The number of hydrogen-bond acceptors (Lipinski definition) is 5. The molecule has 130 valence electrons. The van der Waals surface area contributed by atoms with Gasteiger partial charge in [0.15, 0.2) is 18.2 Å². The number of aryl methyl sites for hydroxylation is 2. The summed E-state index contributed by atoms with van der Waals surface area (Å²) in [4.78, 5) is 30.5. The number of fused-ring (bicyclic) bond motifs is 1. The largest absolute Gasteiger partial charge is 0.480 e. The fourth-order valence-corrected chi connectivity index (χ4v) is 2.69. The minimum atomic E-state index is -0.760. The summed E-state index contributed by atoms with van der Waals surface area (Å²) in [5, 5.41) is 2.88. The van der Waals surface area contributed by atoms with Crippen molar-refractivity contribution in [2.45, 2.75) is 26.8 Å². The Bertz CT molecular complexity index is 850. The van der Waals surface area contributed by atoms with Crippen molar-refractivity contribution in [3.05, 3.63) is 41.5 Å². The summed E-state index contributed by atoms with van der Waals surface area (Å²) < 4.78 is 5.36. The Morgan fingerprint density at radius 1 is 1.32 bits per heavy atom. The van der Waals surface area contributed by atoms with E-state index in [1.165, 1.54) is 4.90 Å². The van der Waals surface area contributed by atoms with Crippen molar-refractivity contribution in [1.29, 1.82) is 0 Å². The van der Waals surface area contributed by atoms with Crippen molar-refractivity contribution in [3.63, 3.8) is 0 Å². The maximum Gasteiger partial charge on any atom is 0.266 e. The molecule has 7 heteroatoms. The summed E-state index contributed by atoms with van der Waals surface area (Å²) in [5.41, 5.74) is 8.43. The molecule has 2 amide bonds. The van der Waals surface area contributed by atoms with Gasteiger partial charge in [-0.15, -0.1) is 0 Å². The van der Waals surface area contributed by atoms with Crippen LogP contribution in [0.25, 0.3) is 0 Å². The highest BCUT2D eigenvalue weighted by Gasteiger charge is 2.34. The third-order valence-electron chi connectivity index (χ3n) is 4.13. The van der Waals surface area contributed by atoms with Gasteiger partial charge >= 0.3 is 0 Å². The first-order valence-corrected chi connectivity index (χ1v) is 7.96. The number of carbonyl (C=O) groups excluding carboxylic acids is 2. The Morgan fingerprint density at radius 2 is 2.08 bits per heavy atom. The molecule has 0 saturated carbocycles. The second-order valence-electron chi connectivity index (χ2n) is 6.09. The lowest BCUT2D eigenvalue weighted by Crippen LogP contribution is -2.50. The van der Waals surface area contributed by atoms with Crippen LogP contribution >= 0.6 is 0 Å². The van der Waals surface area contributed by atoms with Gasteiger partial charge < -0.3 is 15.8 Å². The van der Waals surface area contributed by atoms with Gasteiger partial charge in [-0.1, -0.05) is 12.1 Å². The van der Waals surface area contributed by atoms with Crippen LogP contribution in [0.4, 0.5) is 17.3 Å². The maximum atomic E-state index is 12.7. The molecule has 2 heterocycles. The van der Waals surface area contributed by atoms with E-state index in [4.69, 9.17) is 10.5 Å². The van der Waals surface area contributed by atoms with Gasteiger partial charge in [0.25, 0.3) is 5.91 Å². The second-order valence-corrected chi connectivity index (χ2v) is 6.09. The maximum absolute atomic E-state index is 12.7. The zero-order valence-corrected chi connectivity index (χ0v) is 14.4. The van der Waals surface area contributed by atoms with Gasteiger partial charge in [-0.3, -0.25) is 14.5 Å². The van der Waals surface area contributed by atoms with Crippen LogP contribution in [0.3, 0.4) is 0 Å². The Labute approximate surface area is 145 Å². The molecule has 3 N–H and O–H groups in total. The monoisotopic (exact) mass is 340 g/mol. The summed E-state index contributed by atoms with van der Waals surface area (Å²) in [7, 11) is 0. The number of nitrogens with two attached hydrogens (primary N) is 1. The zero-order chi connectivity index (χ0) is 18.1. The molecule has 1 atom stereocenters. The first kappa shape index (κ1) is 16.8. The van der Waals surface area contributed by atoms with E-state index in [1.807, 2.05) is 32.0 Å². The number of rotatable bonds is 3. The lowest BCUT2D eigenvalue weighted by Gasteiger charge is -2.32. The van der Waals surface area contributed by atoms with E-state index in [2.05, 4.69) is 10.3 Å². The molecule has 0 bridgehead atoms. The highest BCUT2D eigenvalue weighted by atomic mass is 16.5. The molecular weight excluding hydrogens is 320 g/mol. The number of nitrogen functional groups attached to an aromatic ring is 1. The average molecular weight is 340 g/mol. The standard InChI is InChI=1S/C18H20N4O3/c1-10-4-5-11(2)13(8-10)20-18(24)12(3)22-16(23)9-25-14-6-7-15(19)21-17(14)22/h4-8,12H,9H2,1-3H3,(H2,19,21)(H,20,24). The number of anilines is 3. The molecule has 0 saturated heterocycles. The van der Waals surface area contributed by atoms with E-state index in [9.17, 15) is 9.59 Å². The van der Waals surface area contributed by atoms with Crippen molar-refractivity contribution in [2.75, 3.05) is 22.6 Å². The van der Waals surface area contributed by atoms with Crippen LogP contribution in [-0.4, -0.2) is 29.4 Å². The molecule has 0 fully saturated rings. The second kappa shape index (κ2) is 6.43. The van der Waals surface area contributed by atoms with Crippen LogP contribution in [0.2, 0.25) is 0 Å². The molecule has 2 aromatic rings. The van der Waals surface area contributed by atoms with Crippen LogP contribution in [-0.2, 0) is 9.59 Å². The molecule has 25 heavy (non-hydrogen) atoms. The van der Waals surface area contributed by atoms with Gasteiger partial charge in [0.05, 0.1) is 0 Å². The first-order chi connectivity index (χ1) is 11.9. The SMILES string of the molecule is Cc1ccc(C)c(NC(=O)C(C)N2C(=O)COc3ccc(N)nc32)c1. The molecular formula is C18H20N4O3. The van der Waals surface area contributed by atoms with E-state index in [-0.39, 0.29) is 30.1 Å². The van der Waals surface area contributed by atoms with E-state index in [1.54, 1.807) is 19.1 Å². The predicted molar refractivity (Wildman–Crippen MR) is 95.6 cm³/mol. The number of aromatic nitrogens is 1. The number of carbonyl (C=O) groups is 2. The predicted octanol–water partition coefficient (Wildman–Crippen LogP) is 2.03. The van der Waals surface area contributed by atoms with Gasteiger partial charge in [0.2, 0.25) is 5.91 Å². The Kier molecular flexibility index (Phi) is 4.31. The normalized spacial score (nSPS) is 14.5. The average Bonchev–Trinajstić information content (AvgIpc) is 2.57. The summed E-state index contributed by atoms with van der Waals surface area (Å²) in [6.45, 7) is 5.38. The van der Waals surface area contributed by atoms with Crippen LogP contribution in [0.1, 0.15) is 18.1 Å². The Balaban J connectivity index is 1.88. The first-order valence-electron chi connectivity index (χ1n) is 7.96. The number of benzene rings is 1.